The third kappa shape index (κ3) is 1130. The average molecular weight is 171 g/mol. The van der Waals surface area contributed by atoms with Gasteiger partial charge in [-0.3, -0.25) is 0 Å². The van der Waals surface area contributed by atoms with E-state index in [9.17, 15) is 0 Å². The zero-order chi connectivity index (χ0) is 6.50. The molecule has 5 nitrogen and oxygen atoms in total. The van der Waals surface area contributed by atoms with E-state index in [1.807, 2.05) is 0 Å². The van der Waals surface area contributed by atoms with E-state index < -0.39 is 10.3 Å². The predicted molar refractivity (Wildman–Crippen MR) is 18.1 cm³/mol. The van der Waals surface area contributed by atoms with E-state index in [0.717, 1.165) is 0 Å². The molecule has 0 heterocycles. The Morgan fingerprint density at radius 1 is 1.43 bits per heavy atom. The molecule has 0 rings (SSSR count). The summed E-state index contributed by atoms with van der Waals surface area (Å²) in [5, 5.41) is 3.77. The van der Waals surface area contributed by atoms with E-state index in [-0.39, 0.29) is 0 Å². The van der Waals surface area contributed by atoms with Crippen molar-refractivity contribution in [2.24, 2.45) is 9.95 Å². The van der Waals surface area contributed by atoms with Crippen molar-refractivity contribution in [1.29, 1.82) is 0 Å². The Kier molecular flexibility index (Phi) is 6.62. The molecule has 0 amide bonds. The zero-order valence-corrected chi connectivity index (χ0v) is 4.91. The van der Waals surface area contributed by atoms with Crippen LogP contribution in [0.5, 0.6) is 0 Å². The van der Waals surface area contributed by atoms with Crippen LogP contribution in [0.2, 0.25) is 0 Å². The summed E-state index contributed by atoms with van der Waals surface area (Å²) in [7, 11) is -4.42. The Balaban J connectivity index is 0. The van der Waals surface area contributed by atoms with Crippen molar-refractivity contribution in [1.82, 2.24) is 0 Å². The monoisotopic (exact) mass is 170 g/mol. The second-order valence-electron chi connectivity index (χ2n) is 0.493. The van der Waals surface area contributed by atoms with Gasteiger partial charge in [-0.25, -0.2) is 13.6 Å². The van der Waals surface area contributed by atoms with Gasteiger partial charge in [-0.05, 0) is 0 Å². The van der Waals surface area contributed by atoms with E-state index in [2.05, 4.69) is 25.6 Å². The van der Waals surface area contributed by atoms with Gasteiger partial charge in [0.05, 0.1) is 0 Å². The first-order chi connectivity index (χ1) is 3.00. The fraction of sp³-hybridized carbons (Fsp3) is 0. The van der Waals surface area contributed by atoms with Crippen LogP contribution in [0.1, 0.15) is 0 Å². The van der Waals surface area contributed by atoms with Crippen LogP contribution in [0.25, 0.3) is 0 Å². The quantitative estimate of drug-likeness (QED) is 0.318. The first kappa shape index (κ1) is 10.3. The van der Waals surface area contributed by atoms with Gasteiger partial charge >= 0.3 is 20.5 Å². The van der Waals surface area contributed by atoms with E-state index in [4.69, 9.17) is 13.0 Å². The van der Waals surface area contributed by atoms with Crippen molar-refractivity contribution >= 4 is 10.3 Å². The Morgan fingerprint density at radius 3 is 1.43 bits per heavy atom. The van der Waals surface area contributed by atoms with Crippen molar-refractivity contribution in [3.05, 3.63) is 0 Å². The van der Waals surface area contributed by atoms with Crippen LogP contribution in [0.4, 0.5) is 0 Å². The minimum atomic E-state index is -4.42. The molecule has 0 radical (unpaired) electrons. The molecule has 0 aliphatic carbocycles. The summed E-state index contributed by atoms with van der Waals surface area (Å²) < 4.78 is 26.6. The minimum absolute atomic E-state index is 3.38. The van der Waals surface area contributed by atoms with E-state index >= 15 is 0 Å². The van der Waals surface area contributed by atoms with Gasteiger partial charge in [0, 0.05) is 0 Å². The van der Waals surface area contributed by atoms with E-state index in [1.165, 1.54) is 0 Å². The van der Waals surface area contributed by atoms with Gasteiger partial charge in [0.2, 0.25) is 0 Å². The molecule has 0 spiro atoms. The van der Waals surface area contributed by atoms with Gasteiger partial charge in [0.1, 0.15) is 0 Å². The molecule has 0 bridgehead atoms. The van der Waals surface area contributed by atoms with Crippen LogP contribution in [0.15, 0.2) is 0 Å². The summed E-state index contributed by atoms with van der Waals surface area (Å²) in [6.07, 6.45) is 0. The van der Waals surface area contributed by atoms with Crippen molar-refractivity contribution in [3.63, 3.8) is 0 Å². The average Bonchev–Trinajstić information content (AvgIpc) is 1.36. The van der Waals surface area contributed by atoms with Gasteiger partial charge in [-0.1, -0.05) is 0 Å². The van der Waals surface area contributed by atoms with Gasteiger partial charge < -0.3 is 4.55 Å². The van der Waals surface area contributed by atoms with Crippen LogP contribution < -0.4 is 9.95 Å². The molecular formula is H4N2NiO3S. The maximum absolute atomic E-state index is 8.85. The molecule has 0 saturated heterocycles. The summed E-state index contributed by atoms with van der Waals surface area (Å²) in [5.74, 6) is 0. The Hall–Kier alpha value is 0.324. The third-order valence-corrected chi connectivity index (χ3v) is 0. The number of hydrogen-bond acceptors (Lipinski definition) is 4. The number of nitrogens with two attached hydrogens (primary N) is 2. The molecule has 0 fully saturated rings. The Bertz CT molecular complexity index is 96.1. The molecule has 0 aliphatic heterocycles. The van der Waals surface area contributed by atoms with Crippen molar-refractivity contribution in [2.75, 3.05) is 0 Å². The summed E-state index contributed by atoms with van der Waals surface area (Å²) in [4.78, 5) is 4.12. The molecule has 0 aliphatic rings. The van der Waals surface area contributed by atoms with E-state index in [0.29, 0.717) is 0 Å². The normalized spacial score (nSPS) is 9.29. The van der Waals surface area contributed by atoms with Gasteiger partial charge in [0.25, 0.3) is 0 Å². The topological polar surface area (TPSA) is 109 Å². The maximum atomic E-state index is 8.85. The molecular weight excluding hydrogens is 167 g/mol. The van der Waals surface area contributed by atoms with Crippen LogP contribution in [0.3, 0.4) is 0 Å². The SMILES string of the molecule is NS(=O)(=O)[O-].[NH2][Ni+]. The Morgan fingerprint density at radius 2 is 1.43 bits per heavy atom. The summed E-state index contributed by atoms with van der Waals surface area (Å²) in [5.41, 5.74) is 0. The van der Waals surface area contributed by atoms with Crippen molar-refractivity contribution in [3.8, 4) is 0 Å². The molecule has 0 aromatic carbocycles. The molecule has 0 aromatic heterocycles. The van der Waals surface area contributed by atoms with Crippen molar-refractivity contribution < 1.29 is 28.6 Å². The molecule has 0 atom stereocenters. The van der Waals surface area contributed by atoms with Crippen LogP contribution in [-0.2, 0) is 26.0 Å². The van der Waals surface area contributed by atoms with Gasteiger partial charge in [-0.2, -0.15) is 0 Å². The van der Waals surface area contributed by atoms with Crippen molar-refractivity contribution in [2.45, 2.75) is 0 Å². The fourth-order valence-electron chi connectivity index (χ4n) is 0. The predicted octanol–water partition coefficient (Wildman–Crippen LogP) is -2.19. The molecule has 7 heavy (non-hydrogen) atoms. The molecule has 4 N–H and O–H groups in total. The summed E-state index contributed by atoms with van der Waals surface area (Å²) in [6.45, 7) is 0. The van der Waals surface area contributed by atoms with Crippen LogP contribution >= 0.6 is 0 Å². The molecule has 0 saturated carbocycles. The Labute approximate surface area is 49.5 Å². The van der Waals surface area contributed by atoms with Gasteiger partial charge in [0.15, 0.2) is 10.3 Å². The first-order valence-corrected chi connectivity index (χ1v) is 2.96. The third-order valence-electron chi connectivity index (χ3n) is 0. The molecule has 7 heteroatoms. The second kappa shape index (κ2) is 4.48. The van der Waals surface area contributed by atoms with Gasteiger partial charge in [-0.15, -0.1) is 0 Å². The van der Waals surface area contributed by atoms with Crippen LogP contribution in [-0.4, -0.2) is 13.0 Å². The molecule has 0 aromatic rings. The summed E-state index contributed by atoms with van der Waals surface area (Å²) >= 11 is 3.38. The summed E-state index contributed by atoms with van der Waals surface area (Å²) in [6, 6.07) is 0. The standard InChI is InChI=1S/H3NO3S.H2N.Ni/c1-5(2,3)4;;/h(H3,1,2,3,4);1H2;/q;-1;+2/p-1. The number of rotatable bonds is 0. The molecule has 0 unspecified atom stereocenters. The molecule has 48 valence electrons. The second-order valence-corrected chi connectivity index (χ2v) is 1.48. The first-order valence-electron chi connectivity index (χ1n) is 0.918. The van der Waals surface area contributed by atoms with Crippen LogP contribution in [0, 0.1) is 0 Å². The zero-order valence-electron chi connectivity index (χ0n) is 3.10. The fourth-order valence-corrected chi connectivity index (χ4v) is 0. The van der Waals surface area contributed by atoms with E-state index in [1.54, 1.807) is 0 Å². The number of hydrogen-bond donors (Lipinski definition) is 2.